The molecule has 0 aliphatic heterocycles. The van der Waals surface area contributed by atoms with Gasteiger partial charge in [0.1, 0.15) is 5.82 Å². The van der Waals surface area contributed by atoms with Crippen molar-refractivity contribution >= 4 is 5.82 Å². The number of hydrogen-bond acceptors (Lipinski definition) is 3. The van der Waals surface area contributed by atoms with Crippen LogP contribution in [0.2, 0.25) is 0 Å². The minimum absolute atomic E-state index is 0.183. The smallest absolute Gasteiger partial charge is 0.128 e. The first-order chi connectivity index (χ1) is 6.77. The van der Waals surface area contributed by atoms with Gasteiger partial charge in [0.05, 0.1) is 0 Å². The van der Waals surface area contributed by atoms with Crippen LogP contribution in [0.4, 0.5) is 5.82 Å². The molecule has 0 saturated carbocycles. The zero-order valence-electron chi connectivity index (χ0n) is 8.88. The van der Waals surface area contributed by atoms with E-state index in [-0.39, 0.29) is 6.61 Å². The predicted octanol–water partition coefficient (Wildman–Crippen LogP) is 1.75. The van der Waals surface area contributed by atoms with Crippen LogP contribution in [0.3, 0.4) is 0 Å². The molecule has 3 nitrogen and oxygen atoms in total. The van der Waals surface area contributed by atoms with Gasteiger partial charge in [-0.3, -0.25) is 0 Å². The molecule has 0 amide bonds. The first-order valence-electron chi connectivity index (χ1n) is 5.08. The number of aromatic nitrogens is 1. The Balaban J connectivity index is 2.68. The van der Waals surface area contributed by atoms with Crippen molar-refractivity contribution in [3.8, 4) is 0 Å². The molecule has 0 saturated heterocycles. The Kier molecular flexibility index (Phi) is 4.40. The molecule has 78 valence electrons. The Bertz CT molecular complexity index is 287. The van der Waals surface area contributed by atoms with Crippen molar-refractivity contribution in [1.82, 2.24) is 4.98 Å². The Morgan fingerprint density at radius 1 is 1.50 bits per heavy atom. The highest BCUT2D eigenvalue weighted by Crippen LogP contribution is 2.12. The number of pyridine rings is 1. The van der Waals surface area contributed by atoms with E-state index >= 15 is 0 Å². The summed E-state index contributed by atoms with van der Waals surface area (Å²) in [5.41, 5.74) is 2.23. The number of nitrogens with one attached hydrogen (secondary N) is 1. The monoisotopic (exact) mass is 194 g/mol. The first-order valence-corrected chi connectivity index (χ1v) is 5.08. The van der Waals surface area contributed by atoms with Gasteiger partial charge in [-0.05, 0) is 30.9 Å². The van der Waals surface area contributed by atoms with Crippen LogP contribution < -0.4 is 5.32 Å². The zero-order chi connectivity index (χ0) is 10.4. The lowest BCUT2D eigenvalue weighted by Gasteiger charge is -2.08. The fraction of sp³-hybridized carbons (Fsp3) is 0.545. The third-order valence-electron chi connectivity index (χ3n) is 2.08. The molecule has 0 radical (unpaired) electrons. The fourth-order valence-electron chi connectivity index (χ4n) is 1.33. The van der Waals surface area contributed by atoms with Crippen LogP contribution in [0.5, 0.6) is 0 Å². The molecule has 0 unspecified atom stereocenters. The first kappa shape index (κ1) is 11.0. The van der Waals surface area contributed by atoms with Gasteiger partial charge in [0.2, 0.25) is 0 Å². The van der Waals surface area contributed by atoms with Gasteiger partial charge in [-0.1, -0.05) is 13.0 Å². The molecule has 3 heteroatoms. The van der Waals surface area contributed by atoms with Crippen LogP contribution in [0.25, 0.3) is 0 Å². The summed E-state index contributed by atoms with van der Waals surface area (Å²) in [4.78, 5) is 4.31. The molecule has 14 heavy (non-hydrogen) atoms. The van der Waals surface area contributed by atoms with Gasteiger partial charge >= 0.3 is 0 Å². The van der Waals surface area contributed by atoms with E-state index in [1.54, 1.807) is 0 Å². The molecule has 1 aromatic rings. The van der Waals surface area contributed by atoms with E-state index in [0.717, 1.165) is 29.9 Å². The summed E-state index contributed by atoms with van der Waals surface area (Å²) in [5.74, 6) is 0.952. The third kappa shape index (κ3) is 3.00. The predicted molar refractivity (Wildman–Crippen MR) is 58.5 cm³/mol. The van der Waals surface area contributed by atoms with Crippen molar-refractivity contribution in [2.75, 3.05) is 18.5 Å². The van der Waals surface area contributed by atoms with Crippen molar-refractivity contribution in [1.29, 1.82) is 0 Å². The molecule has 0 atom stereocenters. The molecule has 0 bridgehead atoms. The molecule has 0 aliphatic carbocycles. The van der Waals surface area contributed by atoms with Gasteiger partial charge in [0, 0.05) is 19.3 Å². The molecule has 1 rings (SSSR count). The van der Waals surface area contributed by atoms with E-state index < -0.39 is 0 Å². The number of rotatable bonds is 5. The maximum Gasteiger partial charge on any atom is 0.128 e. The van der Waals surface area contributed by atoms with E-state index in [4.69, 9.17) is 5.11 Å². The standard InChI is InChI=1S/C11H18N2O/c1-3-5-12-11-9(2)7-10(4-6-14)8-13-11/h7-8,14H,3-6H2,1-2H3,(H,12,13). The van der Waals surface area contributed by atoms with Crippen LogP contribution >= 0.6 is 0 Å². The molecular formula is C11H18N2O. The van der Waals surface area contributed by atoms with Crippen molar-refractivity contribution in [3.05, 3.63) is 23.4 Å². The highest BCUT2D eigenvalue weighted by molar-refractivity contribution is 5.44. The van der Waals surface area contributed by atoms with Crippen LogP contribution in [0.1, 0.15) is 24.5 Å². The average Bonchev–Trinajstić information content (AvgIpc) is 2.17. The topological polar surface area (TPSA) is 45.2 Å². The highest BCUT2D eigenvalue weighted by Gasteiger charge is 2.00. The number of anilines is 1. The Morgan fingerprint density at radius 2 is 2.29 bits per heavy atom. The summed E-state index contributed by atoms with van der Waals surface area (Å²) in [5, 5.41) is 12.0. The summed E-state index contributed by atoms with van der Waals surface area (Å²) in [7, 11) is 0. The average molecular weight is 194 g/mol. The van der Waals surface area contributed by atoms with E-state index in [0.29, 0.717) is 6.42 Å². The van der Waals surface area contributed by atoms with Crippen LogP contribution in [-0.2, 0) is 6.42 Å². The normalized spacial score (nSPS) is 10.2. The van der Waals surface area contributed by atoms with E-state index in [1.165, 1.54) is 0 Å². The summed E-state index contributed by atoms with van der Waals surface area (Å²) in [6.45, 7) is 5.30. The SMILES string of the molecule is CCCNc1ncc(CCO)cc1C. The minimum atomic E-state index is 0.183. The van der Waals surface area contributed by atoms with Crippen molar-refractivity contribution in [2.24, 2.45) is 0 Å². The quantitative estimate of drug-likeness (QED) is 0.750. The summed E-state index contributed by atoms with van der Waals surface area (Å²) < 4.78 is 0. The second-order valence-corrected chi connectivity index (χ2v) is 3.41. The second kappa shape index (κ2) is 5.60. The molecule has 1 heterocycles. The minimum Gasteiger partial charge on any atom is -0.396 e. The third-order valence-corrected chi connectivity index (χ3v) is 2.08. The van der Waals surface area contributed by atoms with Gasteiger partial charge < -0.3 is 10.4 Å². The molecule has 0 aliphatic rings. The van der Waals surface area contributed by atoms with Crippen molar-refractivity contribution < 1.29 is 5.11 Å². The van der Waals surface area contributed by atoms with Gasteiger partial charge in [-0.15, -0.1) is 0 Å². The van der Waals surface area contributed by atoms with E-state index in [9.17, 15) is 0 Å². The Hall–Kier alpha value is -1.09. The largest absolute Gasteiger partial charge is 0.396 e. The van der Waals surface area contributed by atoms with Gasteiger partial charge in [-0.2, -0.15) is 0 Å². The zero-order valence-corrected chi connectivity index (χ0v) is 8.88. The summed E-state index contributed by atoms with van der Waals surface area (Å²) >= 11 is 0. The van der Waals surface area contributed by atoms with Gasteiger partial charge in [-0.25, -0.2) is 4.98 Å². The molecule has 1 aromatic heterocycles. The Labute approximate surface area is 85.2 Å². The van der Waals surface area contributed by atoms with Crippen molar-refractivity contribution in [2.45, 2.75) is 26.7 Å². The second-order valence-electron chi connectivity index (χ2n) is 3.41. The molecule has 0 spiro atoms. The van der Waals surface area contributed by atoms with Gasteiger partial charge in [0.25, 0.3) is 0 Å². The van der Waals surface area contributed by atoms with Gasteiger partial charge in [0.15, 0.2) is 0 Å². The lowest BCUT2D eigenvalue weighted by Crippen LogP contribution is -2.04. The number of aliphatic hydroxyl groups excluding tert-OH is 1. The maximum atomic E-state index is 8.78. The molecule has 0 aromatic carbocycles. The van der Waals surface area contributed by atoms with Crippen LogP contribution in [0.15, 0.2) is 12.3 Å². The van der Waals surface area contributed by atoms with Crippen LogP contribution in [0, 0.1) is 6.92 Å². The fourth-order valence-corrected chi connectivity index (χ4v) is 1.33. The summed E-state index contributed by atoms with van der Waals surface area (Å²) in [6, 6.07) is 2.07. The van der Waals surface area contributed by atoms with E-state index in [2.05, 4.69) is 23.3 Å². The number of aryl methyl sites for hydroxylation is 1. The number of hydrogen-bond donors (Lipinski definition) is 2. The number of aliphatic hydroxyl groups is 1. The molecule has 0 fully saturated rings. The van der Waals surface area contributed by atoms with Crippen molar-refractivity contribution in [3.63, 3.8) is 0 Å². The van der Waals surface area contributed by atoms with Crippen LogP contribution in [-0.4, -0.2) is 23.2 Å². The summed E-state index contributed by atoms with van der Waals surface area (Å²) in [6.07, 6.45) is 3.60. The molecule has 2 N–H and O–H groups in total. The maximum absolute atomic E-state index is 8.78. The lowest BCUT2D eigenvalue weighted by molar-refractivity contribution is 0.299. The Morgan fingerprint density at radius 3 is 2.86 bits per heavy atom. The number of nitrogens with zero attached hydrogens (tertiary/aromatic N) is 1. The lowest BCUT2D eigenvalue weighted by atomic mass is 10.1. The highest BCUT2D eigenvalue weighted by atomic mass is 16.2. The van der Waals surface area contributed by atoms with E-state index in [1.807, 2.05) is 13.1 Å². The molecular weight excluding hydrogens is 176 g/mol.